The van der Waals surface area contributed by atoms with E-state index in [2.05, 4.69) is 29.2 Å². The van der Waals surface area contributed by atoms with Crippen LogP contribution in [-0.2, 0) is 0 Å². The molecule has 0 aromatic heterocycles. The molecular formula is C27H57N3. The summed E-state index contributed by atoms with van der Waals surface area (Å²) in [6.07, 6.45) is 28.7. The van der Waals surface area contributed by atoms with Crippen molar-refractivity contribution in [1.29, 1.82) is 0 Å². The standard InChI is InChI=1S/C27H57N3/c1-3-5-7-9-11-13-15-17-19-21-24-29(30-26-23-28-27-30)25-22-20-18-16-14-12-10-8-6-4-2/h28H,3-27H2,1-2H3. The summed E-state index contributed by atoms with van der Waals surface area (Å²) in [5.74, 6) is 0. The number of hydrogen-bond acceptors (Lipinski definition) is 3. The van der Waals surface area contributed by atoms with E-state index in [1.54, 1.807) is 0 Å². The summed E-state index contributed by atoms with van der Waals surface area (Å²) in [7, 11) is 0. The SMILES string of the molecule is CCCCCCCCCCCCN(CCCCCCCCCCCC)N1CCNC1. The van der Waals surface area contributed by atoms with E-state index in [4.69, 9.17) is 0 Å². The Morgan fingerprint density at radius 2 is 0.900 bits per heavy atom. The Balaban J connectivity index is 1.99. The van der Waals surface area contributed by atoms with Crippen molar-refractivity contribution in [3.05, 3.63) is 0 Å². The first-order valence-electron chi connectivity index (χ1n) is 14.1. The van der Waals surface area contributed by atoms with Crippen molar-refractivity contribution >= 4 is 0 Å². The van der Waals surface area contributed by atoms with Gasteiger partial charge in [-0.2, -0.15) is 0 Å². The van der Waals surface area contributed by atoms with Gasteiger partial charge in [0.2, 0.25) is 0 Å². The van der Waals surface area contributed by atoms with Crippen molar-refractivity contribution in [2.45, 2.75) is 142 Å². The summed E-state index contributed by atoms with van der Waals surface area (Å²) in [5, 5.41) is 8.76. The maximum absolute atomic E-state index is 3.52. The molecule has 0 unspecified atom stereocenters. The van der Waals surface area contributed by atoms with Gasteiger partial charge < -0.3 is 5.32 Å². The lowest BCUT2D eigenvalue weighted by molar-refractivity contribution is -0.00735. The Morgan fingerprint density at radius 3 is 1.23 bits per heavy atom. The van der Waals surface area contributed by atoms with Crippen LogP contribution in [0.5, 0.6) is 0 Å². The molecular weight excluding hydrogens is 366 g/mol. The van der Waals surface area contributed by atoms with Gasteiger partial charge in [-0.25, -0.2) is 10.0 Å². The van der Waals surface area contributed by atoms with Crippen LogP contribution in [0.4, 0.5) is 0 Å². The number of rotatable bonds is 23. The van der Waals surface area contributed by atoms with Crippen LogP contribution >= 0.6 is 0 Å². The van der Waals surface area contributed by atoms with Crippen LogP contribution in [0.1, 0.15) is 142 Å². The summed E-state index contributed by atoms with van der Waals surface area (Å²) in [6, 6.07) is 0. The molecule has 1 fully saturated rings. The van der Waals surface area contributed by atoms with E-state index in [1.807, 2.05) is 0 Å². The molecule has 1 N–H and O–H groups in total. The minimum absolute atomic E-state index is 1.06. The smallest absolute Gasteiger partial charge is 0.0624 e. The zero-order valence-corrected chi connectivity index (χ0v) is 21.1. The lowest BCUT2D eigenvalue weighted by Crippen LogP contribution is -2.43. The zero-order valence-electron chi connectivity index (χ0n) is 21.1. The Hall–Kier alpha value is -0.120. The lowest BCUT2D eigenvalue weighted by atomic mass is 10.1. The van der Waals surface area contributed by atoms with E-state index >= 15 is 0 Å². The second kappa shape index (κ2) is 22.1. The first-order chi connectivity index (χ1) is 14.9. The number of unbranched alkanes of at least 4 members (excludes halogenated alkanes) is 18. The molecule has 0 radical (unpaired) electrons. The van der Waals surface area contributed by atoms with Crippen LogP contribution in [0, 0.1) is 0 Å². The monoisotopic (exact) mass is 423 g/mol. The second-order valence-corrected chi connectivity index (χ2v) is 9.71. The van der Waals surface area contributed by atoms with E-state index in [-0.39, 0.29) is 0 Å². The van der Waals surface area contributed by atoms with E-state index in [0.29, 0.717) is 0 Å². The van der Waals surface area contributed by atoms with Gasteiger partial charge in [-0.15, -0.1) is 0 Å². The third kappa shape index (κ3) is 16.6. The minimum Gasteiger partial charge on any atom is -0.302 e. The van der Waals surface area contributed by atoms with E-state index in [1.165, 1.54) is 148 Å². The number of nitrogens with one attached hydrogen (secondary N) is 1. The molecule has 1 aliphatic rings. The first kappa shape index (κ1) is 27.9. The molecule has 0 aliphatic carbocycles. The van der Waals surface area contributed by atoms with Crippen LogP contribution in [0.15, 0.2) is 0 Å². The molecule has 1 rings (SSSR count). The summed E-state index contributed by atoms with van der Waals surface area (Å²) < 4.78 is 0. The van der Waals surface area contributed by atoms with Gasteiger partial charge in [0.05, 0.1) is 6.67 Å². The molecule has 0 spiro atoms. The van der Waals surface area contributed by atoms with Gasteiger partial charge in [0.15, 0.2) is 0 Å². The topological polar surface area (TPSA) is 18.5 Å². The van der Waals surface area contributed by atoms with E-state index < -0.39 is 0 Å². The van der Waals surface area contributed by atoms with Crippen LogP contribution in [0.25, 0.3) is 0 Å². The van der Waals surface area contributed by atoms with Crippen LogP contribution in [0.2, 0.25) is 0 Å². The van der Waals surface area contributed by atoms with Gasteiger partial charge in [-0.3, -0.25) is 0 Å². The lowest BCUT2D eigenvalue weighted by Gasteiger charge is -2.31. The predicted octanol–water partition coefficient (Wildman–Crippen LogP) is 7.91. The molecule has 30 heavy (non-hydrogen) atoms. The Bertz CT molecular complexity index is 304. The normalized spacial score (nSPS) is 14.9. The fourth-order valence-corrected chi connectivity index (χ4v) is 4.69. The summed E-state index contributed by atoms with van der Waals surface area (Å²) in [5.41, 5.74) is 0. The maximum Gasteiger partial charge on any atom is 0.0624 e. The number of nitrogens with zero attached hydrogens (tertiary/aromatic N) is 2. The summed E-state index contributed by atoms with van der Waals surface area (Å²) in [4.78, 5) is 0. The Kier molecular flexibility index (Phi) is 20.6. The number of hydrogen-bond donors (Lipinski definition) is 1. The molecule has 1 heterocycles. The van der Waals surface area contributed by atoms with Gasteiger partial charge in [0.1, 0.15) is 0 Å². The van der Waals surface area contributed by atoms with Crippen molar-refractivity contribution in [2.75, 3.05) is 32.8 Å². The maximum atomic E-state index is 3.52. The molecule has 3 heteroatoms. The van der Waals surface area contributed by atoms with E-state index in [9.17, 15) is 0 Å². The fourth-order valence-electron chi connectivity index (χ4n) is 4.69. The van der Waals surface area contributed by atoms with Crippen molar-refractivity contribution in [1.82, 2.24) is 15.3 Å². The highest BCUT2D eigenvalue weighted by atomic mass is 15.7. The average Bonchev–Trinajstić information content (AvgIpc) is 3.29. The highest BCUT2D eigenvalue weighted by Crippen LogP contribution is 2.14. The molecule has 0 bridgehead atoms. The highest BCUT2D eigenvalue weighted by Gasteiger charge is 2.18. The number of hydrazine groups is 1. The zero-order chi connectivity index (χ0) is 21.5. The van der Waals surface area contributed by atoms with E-state index in [0.717, 1.165) is 13.2 Å². The quantitative estimate of drug-likeness (QED) is 0.168. The molecule has 1 aliphatic heterocycles. The van der Waals surface area contributed by atoms with Gasteiger partial charge in [-0.05, 0) is 12.8 Å². The largest absolute Gasteiger partial charge is 0.302 e. The van der Waals surface area contributed by atoms with Crippen LogP contribution in [-0.4, -0.2) is 42.9 Å². The second-order valence-electron chi connectivity index (χ2n) is 9.71. The molecule has 0 atom stereocenters. The molecule has 0 aromatic carbocycles. The molecule has 0 amide bonds. The first-order valence-corrected chi connectivity index (χ1v) is 14.1. The predicted molar refractivity (Wildman–Crippen MR) is 135 cm³/mol. The van der Waals surface area contributed by atoms with Crippen LogP contribution < -0.4 is 5.32 Å². The molecule has 180 valence electrons. The van der Waals surface area contributed by atoms with Crippen molar-refractivity contribution in [3.8, 4) is 0 Å². The van der Waals surface area contributed by atoms with Gasteiger partial charge in [-0.1, -0.05) is 129 Å². The van der Waals surface area contributed by atoms with Gasteiger partial charge in [0.25, 0.3) is 0 Å². The molecule has 0 saturated carbocycles. The summed E-state index contributed by atoms with van der Waals surface area (Å²) in [6.45, 7) is 10.6. The Labute approximate surface area is 190 Å². The average molecular weight is 424 g/mol. The molecule has 3 nitrogen and oxygen atoms in total. The van der Waals surface area contributed by atoms with Crippen molar-refractivity contribution in [2.24, 2.45) is 0 Å². The fraction of sp³-hybridized carbons (Fsp3) is 1.00. The third-order valence-corrected chi connectivity index (χ3v) is 6.78. The third-order valence-electron chi connectivity index (χ3n) is 6.78. The van der Waals surface area contributed by atoms with Crippen molar-refractivity contribution < 1.29 is 0 Å². The van der Waals surface area contributed by atoms with Crippen molar-refractivity contribution in [3.63, 3.8) is 0 Å². The Morgan fingerprint density at radius 1 is 0.533 bits per heavy atom. The van der Waals surface area contributed by atoms with Gasteiger partial charge >= 0.3 is 0 Å². The minimum atomic E-state index is 1.06. The summed E-state index contributed by atoms with van der Waals surface area (Å²) >= 11 is 0. The molecule has 0 aromatic rings. The highest BCUT2D eigenvalue weighted by molar-refractivity contribution is 4.66. The van der Waals surface area contributed by atoms with Gasteiger partial charge in [0, 0.05) is 26.2 Å². The molecule has 1 saturated heterocycles. The van der Waals surface area contributed by atoms with Crippen LogP contribution in [0.3, 0.4) is 0 Å².